The molecular formula is C26H33F3N2O3. The summed E-state index contributed by atoms with van der Waals surface area (Å²) in [5, 5.41) is 2.79. The lowest BCUT2D eigenvalue weighted by Crippen LogP contribution is -2.47. The van der Waals surface area contributed by atoms with Gasteiger partial charge in [-0.3, -0.25) is 10.2 Å². The van der Waals surface area contributed by atoms with Crippen molar-refractivity contribution >= 4 is 11.8 Å². The highest BCUT2D eigenvalue weighted by Gasteiger charge is 2.34. The maximum absolute atomic E-state index is 12.9. The Morgan fingerprint density at radius 3 is 2.32 bits per heavy atom. The molecular weight excluding hydrogens is 445 g/mol. The van der Waals surface area contributed by atoms with Gasteiger partial charge in [-0.25, -0.2) is 4.79 Å². The molecule has 2 unspecified atom stereocenters. The number of hydrogen-bond donors (Lipinski definition) is 1. The van der Waals surface area contributed by atoms with Crippen LogP contribution >= 0.6 is 0 Å². The SMILES string of the molecule is CCc1ccc(NC(=O)OC(CN2CCOC(c3ccc(C(F)(F)F)cc3)C2)C(C)(C)C)cc1. The molecule has 1 aliphatic rings. The second-order valence-corrected chi connectivity index (χ2v) is 9.67. The molecule has 0 spiro atoms. The molecule has 1 amide bonds. The van der Waals surface area contributed by atoms with Crippen LogP contribution in [0.1, 0.15) is 50.5 Å². The van der Waals surface area contributed by atoms with Crippen molar-refractivity contribution in [2.45, 2.75) is 52.5 Å². The highest BCUT2D eigenvalue weighted by molar-refractivity contribution is 5.84. The molecule has 0 bridgehead atoms. The van der Waals surface area contributed by atoms with E-state index in [-0.39, 0.29) is 11.5 Å². The molecule has 0 radical (unpaired) electrons. The maximum atomic E-state index is 12.9. The van der Waals surface area contributed by atoms with Crippen molar-refractivity contribution in [1.29, 1.82) is 0 Å². The zero-order chi connectivity index (χ0) is 24.9. The molecule has 1 aliphatic heterocycles. The van der Waals surface area contributed by atoms with Crippen molar-refractivity contribution in [3.05, 3.63) is 65.2 Å². The van der Waals surface area contributed by atoms with Gasteiger partial charge in [0.05, 0.1) is 18.3 Å². The van der Waals surface area contributed by atoms with Gasteiger partial charge in [0.25, 0.3) is 0 Å². The van der Waals surface area contributed by atoms with Crippen molar-refractivity contribution in [3.63, 3.8) is 0 Å². The quantitative estimate of drug-likeness (QED) is 0.529. The van der Waals surface area contributed by atoms with E-state index in [1.807, 2.05) is 45.0 Å². The molecule has 1 heterocycles. The van der Waals surface area contributed by atoms with Crippen molar-refractivity contribution in [2.75, 3.05) is 31.6 Å². The van der Waals surface area contributed by atoms with Crippen LogP contribution in [0.5, 0.6) is 0 Å². The standard InChI is InChI=1S/C26H33F3N2O3/c1-5-18-6-12-21(13-7-18)30-24(32)34-23(25(2,3)4)17-31-14-15-33-22(16-31)19-8-10-20(11-9-19)26(27,28)29/h6-13,22-23H,5,14-17H2,1-4H3,(H,30,32). The van der Waals surface area contributed by atoms with E-state index in [4.69, 9.17) is 9.47 Å². The summed E-state index contributed by atoms with van der Waals surface area (Å²) in [6.07, 6.45) is -4.70. The summed E-state index contributed by atoms with van der Waals surface area (Å²) in [5.74, 6) is 0. The minimum absolute atomic E-state index is 0.314. The van der Waals surface area contributed by atoms with Gasteiger partial charge in [0.15, 0.2) is 0 Å². The average molecular weight is 479 g/mol. The summed E-state index contributed by atoms with van der Waals surface area (Å²) in [5.41, 5.74) is 1.55. The highest BCUT2D eigenvalue weighted by Crippen LogP contribution is 2.32. The molecule has 3 rings (SSSR count). The van der Waals surface area contributed by atoms with Crippen LogP contribution in [-0.4, -0.2) is 43.3 Å². The summed E-state index contributed by atoms with van der Waals surface area (Å²) in [6.45, 7) is 10.2. The largest absolute Gasteiger partial charge is 0.444 e. The van der Waals surface area contributed by atoms with Crippen molar-refractivity contribution in [2.24, 2.45) is 5.41 Å². The van der Waals surface area contributed by atoms with E-state index in [1.165, 1.54) is 17.7 Å². The Morgan fingerprint density at radius 1 is 1.12 bits per heavy atom. The predicted molar refractivity (Wildman–Crippen MR) is 126 cm³/mol. The number of benzene rings is 2. The molecule has 34 heavy (non-hydrogen) atoms. The van der Waals surface area contributed by atoms with E-state index in [9.17, 15) is 18.0 Å². The molecule has 1 saturated heterocycles. The summed E-state index contributed by atoms with van der Waals surface area (Å²) in [7, 11) is 0. The topological polar surface area (TPSA) is 50.8 Å². The number of ether oxygens (including phenoxy) is 2. The zero-order valence-electron chi connectivity index (χ0n) is 20.1. The summed E-state index contributed by atoms with van der Waals surface area (Å²) in [4.78, 5) is 14.7. The first-order chi connectivity index (χ1) is 16.0. The fourth-order valence-electron chi connectivity index (χ4n) is 3.78. The van der Waals surface area contributed by atoms with E-state index >= 15 is 0 Å². The molecule has 2 atom stereocenters. The molecule has 8 heteroatoms. The van der Waals surface area contributed by atoms with Gasteiger partial charge in [-0.05, 0) is 41.8 Å². The summed E-state index contributed by atoms with van der Waals surface area (Å²) in [6, 6.07) is 12.7. The number of hydrogen-bond acceptors (Lipinski definition) is 4. The van der Waals surface area contributed by atoms with Crippen LogP contribution < -0.4 is 5.32 Å². The Labute approximate surface area is 199 Å². The first-order valence-electron chi connectivity index (χ1n) is 11.5. The van der Waals surface area contributed by atoms with E-state index < -0.39 is 23.9 Å². The minimum atomic E-state index is -4.37. The van der Waals surface area contributed by atoms with Crippen LogP contribution in [0, 0.1) is 5.41 Å². The number of morpholine rings is 1. The Balaban J connectivity index is 1.62. The van der Waals surface area contributed by atoms with Gasteiger partial charge in [-0.15, -0.1) is 0 Å². The van der Waals surface area contributed by atoms with Gasteiger partial charge in [0.2, 0.25) is 0 Å². The minimum Gasteiger partial charge on any atom is -0.444 e. The number of rotatable bonds is 6. The van der Waals surface area contributed by atoms with Gasteiger partial charge in [-0.1, -0.05) is 52.0 Å². The molecule has 1 fully saturated rings. The Kier molecular flexibility index (Phi) is 8.25. The second kappa shape index (κ2) is 10.8. The molecule has 0 saturated carbocycles. The van der Waals surface area contributed by atoms with Crippen molar-refractivity contribution in [1.82, 2.24) is 4.90 Å². The third-order valence-corrected chi connectivity index (χ3v) is 6.01. The molecule has 2 aromatic rings. The fourth-order valence-corrected chi connectivity index (χ4v) is 3.78. The number of carbonyl (C=O) groups excluding carboxylic acids is 1. The highest BCUT2D eigenvalue weighted by atomic mass is 19.4. The third kappa shape index (κ3) is 7.21. The average Bonchev–Trinajstić information content (AvgIpc) is 2.78. The van der Waals surface area contributed by atoms with Gasteiger partial charge < -0.3 is 9.47 Å². The Bertz CT molecular complexity index is 938. The monoisotopic (exact) mass is 478 g/mol. The zero-order valence-corrected chi connectivity index (χ0v) is 20.1. The lowest BCUT2D eigenvalue weighted by atomic mass is 9.88. The summed E-state index contributed by atoms with van der Waals surface area (Å²) >= 11 is 0. The molecule has 0 aromatic heterocycles. The van der Waals surface area contributed by atoms with Crippen molar-refractivity contribution < 1.29 is 27.4 Å². The van der Waals surface area contributed by atoms with Crippen molar-refractivity contribution in [3.8, 4) is 0 Å². The number of anilines is 1. The third-order valence-electron chi connectivity index (χ3n) is 6.01. The van der Waals surface area contributed by atoms with Gasteiger partial charge in [-0.2, -0.15) is 13.2 Å². The number of alkyl halides is 3. The number of carbonyl (C=O) groups is 1. The van der Waals surface area contributed by atoms with Gasteiger partial charge in [0.1, 0.15) is 6.10 Å². The number of halogens is 3. The molecule has 186 valence electrons. The van der Waals surface area contributed by atoms with E-state index in [2.05, 4.69) is 17.1 Å². The number of aryl methyl sites for hydroxylation is 1. The second-order valence-electron chi connectivity index (χ2n) is 9.67. The van der Waals surface area contributed by atoms with Crippen LogP contribution in [0.25, 0.3) is 0 Å². The maximum Gasteiger partial charge on any atom is 0.416 e. The fraction of sp³-hybridized carbons (Fsp3) is 0.500. The van der Waals surface area contributed by atoms with Crippen LogP contribution in [0.15, 0.2) is 48.5 Å². The van der Waals surface area contributed by atoms with Crippen LogP contribution in [-0.2, 0) is 22.1 Å². The number of nitrogens with zero attached hydrogens (tertiary/aromatic N) is 1. The van der Waals surface area contributed by atoms with Gasteiger partial charge >= 0.3 is 12.3 Å². The number of amides is 1. The Morgan fingerprint density at radius 2 is 1.76 bits per heavy atom. The Hall–Kier alpha value is -2.58. The number of nitrogens with one attached hydrogen (secondary N) is 1. The lowest BCUT2D eigenvalue weighted by Gasteiger charge is -2.38. The van der Waals surface area contributed by atoms with E-state index in [0.29, 0.717) is 37.5 Å². The normalized spacial score (nSPS) is 18.4. The molecule has 5 nitrogen and oxygen atoms in total. The van der Waals surface area contributed by atoms with Crippen LogP contribution in [0.3, 0.4) is 0 Å². The first-order valence-corrected chi connectivity index (χ1v) is 11.5. The van der Waals surface area contributed by atoms with E-state index in [1.54, 1.807) is 0 Å². The summed E-state index contributed by atoms with van der Waals surface area (Å²) < 4.78 is 50.2. The van der Waals surface area contributed by atoms with E-state index in [0.717, 1.165) is 18.6 Å². The predicted octanol–water partition coefficient (Wildman–Crippen LogP) is 6.30. The smallest absolute Gasteiger partial charge is 0.416 e. The van der Waals surface area contributed by atoms with Crippen LogP contribution in [0.4, 0.5) is 23.7 Å². The molecule has 2 aromatic carbocycles. The first kappa shape index (κ1) is 26.0. The van der Waals surface area contributed by atoms with Gasteiger partial charge in [0, 0.05) is 30.7 Å². The molecule has 0 aliphatic carbocycles. The molecule has 1 N–H and O–H groups in total. The lowest BCUT2D eigenvalue weighted by molar-refractivity contribution is -0.137. The van der Waals surface area contributed by atoms with Crippen LogP contribution in [0.2, 0.25) is 0 Å².